The molecule has 30 heavy (non-hydrogen) atoms. The molecule has 0 aliphatic rings. The van der Waals surface area contributed by atoms with Gasteiger partial charge >= 0.3 is 5.69 Å². The Kier molecular flexibility index (Phi) is 5.04. The standard InChI is InChI=1S/C19H13BrFN5O4/c1-9-14(16(27)24-19(28)26(9)2)15-23-18(30-25-15)11-4-3-7-22-17(11)29-13-6-5-10(21)8-12(13)20/h3-8H,1-2H3,(H,24,27,28). The largest absolute Gasteiger partial charge is 0.437 e. The van der Waals surface area contributed by atoms with Crippen LogP contribution >= 0.6 is 15.9 Å². The number of rotatable bonds is 4. The van der Waals surface area contributed by atoms with Crippen LogP contribution in [0.4, 0.5) is 4.39 Å². The minimum absolute atomic E-state index is 0.0112. The lowest BCUT2D eigenvalue weighted by molar-refractivity contribution is 0.423. The minimum atomic E-state index is -0.624. The molecule has 0 spiro atoms. The van der Waals surface area contributed by atoms with Gasteiger partial charge in [-0.2, -0.15) is 4.98 Å². The van der Waals surface area contributed by atoms with Crippen molar-refractivity contribution in [1.29, 1.82) is 0 Å². The summed E-state index contributed by atoms with van der Waals surface area (Å²) in [4.78, 5) is 34.7. The van der Waals surface area contributed by atoms with E-state index in [9.17, 15) is 14.0 Å². The highest BCUT2D eigenvalue weighted by atomic mass is 79.9. The van der Waals surface area contributed by atoms with Crippen LogP contribution in [0.2, 0.25) is 0 Å². The maximum Gasteiger partial charge on any atom is 0.328 e. The molecule has 1 N–H and O–H groups in total. The quantitative estimate of drug-likeness (QED) is 0.483. The zero-order chi connectivity index (χ0) is 21.4. The van der Waals surface area contributed by atoms with Crippen molar-refractivity contribution in [2.45, 2.75) is 6.92 Å². The van der Waals surface area contributed by atoms with Gasteiger partial charge in [0.1, 0.15) is 22.7 Å². The van der Waals surface area contributed by atoms with E-state index in [4.69, 9.17) is 9.26 Å². The van der Waals surface area contributed by atoms with E-state index in [1.807, 2.05) is 0 Å². The summed E-state index contributed by atoms with van der Waals surface area (Å²) in [7, 11) is 1.52. The van der Waals surface area contributed by atoms with Gasteiger partial charge in [0.25, 0.3) is 11.4 Å². The molecule has 0 radical (unpaired) electrons. The van der Waals surface area contributed by atoms with Crippen LogP contribution < -0.4 is 16.0 Å². The highest BCUT2D eigenvalue weighted by Gasteiger charge is 2.21. The summed E-state index contributed by atoms with van der Waals surface area (Å²) in [5.41, 5.74) is -0.307. The van der Waals surface area contributed by atoms with Gasteiger partial charge in [0.2, 0.25) is 11.7 Å². The fourth-order valence-electron chi connectivity index (χ4n) is 2.72. The monoisotopic (exact) mass is 473 g/mol. The number of nitrogens with zero attached hydrogens (tertiary/aromatic N) is 4. The molecule has 0 fully saturated rings. The van der Waals surface area contributed by atoms with Crippen molar-refractivity contribution in [3.05, 3.63) is 73.4 Å². The maximum atomic E-state index is 13.3. The molecule has 3 aromatic heterocycles. The molecule has 4 rings (SSSR count). The third-order valence-corrected chi connectivity index (χ3v) is 4.99. The van der Waals surface area contributed by atoms with Gasteiger partial charge in [0, 0.05) is 18.9 Å². The Morgan fingerprint density at radius 1 is 1.27 bits per heavy atom. The van der Waals surface area contributed by atoms with E-state index in [2.05, 4.69) is 36.0 Å². The lowest BCUT2D eigenvalue weighted by atomic mass is 10.2. The Hall–Kier alpha value is -3.60. The molecule has 0 aliphatic carbocycles. The van der Waals surface area contributed by atoms with Gasteiger partial charge in [-0.05, 0) is 53.2 Å². The Bertz CT molecular complexity index is 1380. The van der Waals surface area contributed by atoms with Crippen LogP contribution in [0.5, 0.6) is 11.6 Å². The van der Waals surface area contributed by atoms with E-state index in [-0.39, 0.29) is 23.2 Å². The molecule has 0 amide bonds. The number of pyridine rings is 1. The van der Waals surface area contributed by atoms with E-state index >= 15 is 0 Å². The normalized spacial score (nSPS) is 10.9. The van der Waals surface area contributed by atoms with Gasteiger partial charge < -0.3 is 13.8 Å². The summed E-state index contributed by atoms with van der Waals surface area (Å²) in [5.74, 6) is 0.124. The maximum absolute atomic E-state index is 13.3. The van der Waals surface area contributed by atoms with Crippen molar-refractivity contribution >= 4 is 15.9 Å². The Labute approximate surface area is 176 Å². The fourth-order valence-corrected chi connectivity index (χ4v) is 3.15. The van der Waals surface area contributed by atoms with E-state index in [1.54, 1.807) is 19.1 Å². The van der Waals surface area contributed by atoms with Crippen LogP contribution in [0.15, 0.2) is 55.1 Å². The molecule has 4 aromatic rings. The first-order chi connectivity index (χ1) is 14.3. The summed E-state index contributed by atoms with van der Waals surface area (Å²) in [6.45, 7) is 1.60. The molecular formula is C19H13BrFN5O4. The van der Waals surface area contributed by atoms with Crippen LogP contribution in [0, 0.1) is 12.7 Å². The van der Waals surface area contributed by atoms with Gasteiger partial charge in [-0.1, -0.05) is 5.16 Å². The number of halogens is 2. The second-order valence-corrected chi connectivity index (χ2v) is 7.09. The van der Waals surface area contributed by atoms with Gasteiger partial charge in [0.15, 0.2) is 0 Å². The first-order valence-electron chi connectivity index (χ1n) is 8.57. The molecule has 0 aliphatic heterocycles. The van der Waals surface area contributed by atoms with Crippen molar-refractivity contribution < 1.29 is 13.7 Å². The Morgan fingerprint density at radius 3 is 2.83 bits per heavy atom. The second-order valence-electron chi connectivity index (χ2n) is 6.23. The molecule has 0 unspecified atom stereocenters. The first-order valence-corrected chi connectivity index (χ1v) is 9.36. The topological polar surface area (TPSA) is 116 Å². The van der Waals surface area contributed by atoms with Crippen LogP contribution in [0.3, 0.4) is 0 Å². The number of hydrogen-bond acceptors (Lipinski definition) is 7. The van der Waals surface area contributed by atoms with Crippen molar-refractivity contribution in [2.24, 2.45) is 7.05 Å². The van der Waals surface area contributed by atoms with Gasteiger partial charge in [-0.3, -0.25) is 9.78 Å². The number of aromatic nitrogens is 5. The third kappa shape index (κ3) is 3.54. The second kappa shape index (κ2) is 7.67. The minimum Gasteiger partial charge on any atom is -0.437 e. The van der Waals surface area contributed by atoms with Crippen molar-refractivity contribution in [1.82, 2.24) is 24.7 Å². The number of ether oxygens (including phenoxy) is 1. The molecule has 9 nitrogen and oxygen atoms in total. The molecule has 3 heterocycles. The van der Waals surface area contributed by atoms with E-state index in [0.717, 1.165) is 0 Å². The molecule has 152 valence electrons. The molecule has 0 saturated heterocycles. The molecule has 1 aromatic carbocycles. The summed E-state index contributed by atoms with van der Waals surface area (Å²) in [5, 5.41) is 3.87. The predicted molar refractivity (Wildman–Crippen MR) is 108 cm³/mol. The van der Waals surface area contributed by atoms with Gasteiger partial charge in [-0.15, -0.1) is 0 Å². The smallest absolute Gasteiger partial charge is 0.328 e. The fraction of sp³-hybridized carbons (Fsp3) is 0.105. The van der Waals surface area contributed by atoms with Crippen molar-refractivity contribution in [2.75, 3.05) is 0 Å². The highest BCUT2D eigenvalue weighted by molar-refractivity contribution is 9.10. The average molecular weight is 474 g/mol. The molecule has 0 bridgehead atoms. The number of benzene rings is 1. The summed E-state index contributed by atoms with van der Waals surface area (Å²) < 4.78 is 26.1. The van der Waals surface area contributed by atoms with Crippen LogP contribution in [-0.4, -0.2) is 24.7 Å². The first kappa shape index (κ1) is 19.7. The SMILES string of the molecule is Cc1c(-c2noc(-c3cccnc3Oc3ccc(F)cc3Br)n2)c(=O)[nH]c(=O)n1C. The summed E-state index contributed by atoms with van der Waals surface area (Å²) in [6.07, 6.45) is 1.51. The number of hydrogen-bond donors (Lipinski definition) is 1. The highest BCUT2D eigenvalue weighted by Crippen LogP contribution is 2.34. The lowest BCUT2D eigenvalue weighted by Gasteiger charge is -2.09. The van der Waals surface area contributed by atoms with Crippen LogP contribution in [-0.2, 0) is 7.05 Å². The van der Waals surface area contributed by atoms with Crippen LogP contribution in [0.1, 0.15) is 5.69 Å². The zero-order valence-corrected chi connectivity index (χ0v) is 17.2. The summed E-state index contributed by atoms with van der Waals surface area (Å²) >= 11 is 3.24. The van der Waals surface area contributed by atoms with Crippen molar-refractivity contribution in [3.63, 3.8) is 0 Å². The molecular weight excluding hydrogens is 461 g/mol. The van der Waals surface area contributed by atoms with Gasteiger partial charge in [-0.25, -0.2) is 14.2 Å². The Morgan fingerprint density at radius 2 is 2.07 bits per heavy atom. The van der Waals surface area contributed by atoms with Crippen LogP contribution in [0.25, 0.3) is 22.8 Å². The van der Waals surface area contributed by atoms with E-state index in [0.29, 0.717) is 21.5 Å². The number of nitrogens with one attached hydrogen (secondary N) is 1. The lowest BCUT2D eigenvalue weighted by Crippen LogP contribution is -2.31. The van der Waals surface area contributed by atoms with E-state index < -0.39 is 17.1 Å². The van der Waals surface area contributed by atoms with Crippen molar-refractivity contribution in [3.8, 4) is 34.5 Å². The molecule has 0 saturated carbocycles. The zero-order valence-electron chi connectivity index (χ0n) is 15.6. The Balaban J connectivity index is 1.76. The van der Waals surface area contributed by atoms with E-state index in [1.165, 1.54) is 36.0 Å². The third-order valence-electron chi connectivity index (χ3n) is 4.37. The summed E-state index contributed by atoms with van der Waals surface area (Å²) in [6, 6.07) is 7.26. The number of H-pyrrole nitrogens is 1. The molecule has 11 heteroatoms. The molecule has 0 atom stereocenters. The van der Waals surface area contributed by atoms with Gasteiger partial charge in [0.05, 0.1) is 4.47 Å². The average Bonchev–Trinajstić information content (AvgIpc) is 3.18. The number of aromatic amines is 1. The predicted octanol–water partition coefficient (Wildman–Crippen LogP) is 3.19.